The number of alkyl halides is 2. The van der Waals surface area contributed by atoms with Gasteiger partial charge in [-0.1, -0.05) is 0 Å². The van der Waals surface area contributed by atoms with Gasteiger partial charge in [-0.3, -0.25) is 0 Å². The third-order valence-corrected chi connectivity index (χ3v) is 3.00. The van der Waals surface area contributed by atoms with Gasteiger partial charge in [0, 0.05) is 24.7 Å². The van der Waals surface area contributed by atoms with Gasteiger partial charge < -0.3 is 10.5 Å². The molecular formula is C9H19F2NO3S. The summed E-state index contributed by atoms with van der Waals surface area (Å²) >= 11 is 0. The predicted octanol–water partition coefficient (Wildman–Crippen LogP) is 0.810. The van der Waals surface area contributed by atoms with Crippen LogP contribution in [-0.4, -0.2) is 46.1 Å². The zero-order valence-corrected chi connectivity index (χ0v) is 10.2. The van der Waals surface area contributed by atoms with E-state index in [1.54, 1.807) is 0 Å². The van der Waals surface area contributed by atoms with Crippen LogP contribution in [0, 0.1) is 0 Å². The molecule has 0 aliphatic rings. The lowest BCUT2D eigenvalue weighted by atomic mass is 10.1. The topological polar surface area (TPSA) is 69.4 Å². The minimum absolute atomic E-state index is 0.110. The van der Waals surface area contributed by atoms with E-state index in [1.165, 1.54) is 6.26 Å². The van der Waals surface area contributed by atoms with Gasteiger partial charge in [-0.2, -0.15) is 0 Å². The van der Waals surface area contributed by atoms with Gasteiger partial charge in [-0.15, -0.1) is 0 Å². The van der Waals surface area contributed by atoms with Gasteiger partial charge >= 0.3 is 0 Å². The summed E-state index contributed by atoms with van der Waals surface area (Å²) in [4.78, 5) is 0. The summed E-state index contributed by atoms with van der Waals surface area (Å²) in [5.74, 6) is 0.110. The maximum atomic E-state index is 11.7. The molecule has 16 heavy (non-hydrogen) atoms. The Hall–Kier alpha value is -0.270. The molecule has 0 saturated carbocycles. The van der Waals surface area contributed by atoms with Gasteiger partial charge in [0.1, 0.15) is 16.4 Å². The molecule has 1 atom stereocenters. The van der Waals surface area contributed by atoms with Crippen molar-refractivity contribution in [3.05, 3.63) is 0 Å². The third-order valence-electron chi connectivity index (χ3n) is 1.97. The Kier molecular flexibility index (Phi) is 7.78. The van der Waals surface area contributed by atoms with Crippen molar-refractivity contribution in [3.8, 4) is 0 Å². The van der Waals surface area contributed by atoms with Gasteiger partial charge in [-0.25, -0.2) is 17.2 Å². The minimum atomic E-state index is -2.94. The number of ether oxygens (including phenoxy) is 1. The lowest BCUT2D eigenvalue weighted by Gasteiger charge is -2.11. The van der Waals surface area contributed by atoms with Crippen molar-refractivity contribution in [2.75, 3.05) is 25.2 Å². The summed E-state index contributed by atoms with van der Waals surface area (Å²) in [6.07, 6.45) is 0.238. The van der Waals surface area contributed by atoms with Crippen molar-refractivity contribution in [3.63, 3.8) is 0 Å². The largest absolute Gasteiger partial charge is 0.375 e. The van der Waals surface area contributed by atoms with Crippen LogP contribution in [0.15, 0.2) is 0 Å². The molecule has 0 spiro atoms. The fourth-order valence-corrected chi connectivity index (χ4v) is 1.85. The zero-order valence-electron chi connectivity index (χ0n) is 9.36. The van der Waals surface area contributed by atoms with E-state index in [0.717, 1.165) is 0 Å². The van der Waals surface area contributed by atoms with Crippen molar-refractivity contribution in [1.29, 1.82) is 0 Å². The Morgan fingerprint density at radius 3 is 2.44 bits per heavy atom. The molecule has 4 nitrogen and oxygen atoms in total. The SMILES string of the molecule is CS(=O)(=O)CCCC(N)CCOCC(F)F. The van der Waals surface area contributed by atoms with E-state index < -0.39 is 22.9 Å². The maximum absolute atomic E-state index is 11.7. The van der Waals surface area contributed by atoms with E-state index in [0.29, 0.717) is 19.3 Å². The van der Waals surface area contributed by atoms with Crippen LogP contribution in [0.5, 0.6) is 0 Å². The molecule has 2 N–H and O–H groups in total. The minimum Gasteiger partial charge on any atom is -0.375 e. The molecule has 1 unspecified atom stereocenters. The molecule has 0 bridgehead atoms. The normalized spacial score (nSPS) is 14.3. The van der Waals surface area contributed by atoms with Crippen LogP contribution in [0.4, 0.5) is 8.78 Å². The molecule has 0 amide bonds. The summed E-state index contributed by atoms with van der Waals surface area (Å²) in [5, 5.41) is 0. The van der Waals surface area contributed by atoms with E-state index in [4.69, 9.17) is 5.73 Å². The van der Waals surface area contributed by atoms with Crippen LogP contribution in [0.1, 0.15) is 19.3 Å². The molecule has 0 aromatic heterocycles. The van der Waals surface area contributed by atoms with Crippen molar-refractivity contribution >= 4 is 9.84 Å². The lowest BCUT2D eigenvalue weighted by molar-refractivity contribution is 0.0151. The highest BCUT2D eigenvalue weighted by Gasteiger charge is 2.07. The zero-order chi connectivity index (χ0) is 12.6. The first-order chi connectivity index (χ1) is 7.31. The average Bonchev–Trinajstić information content (AvgIpc) is 2.10. The highest BCUT2D eigenvalue weighted by molar-refractivity contribution is 7.90. The number of hydrogen-bond donors (Lipinski definition) is 1. The summed E-state index contributed by atoms with van der Waals surface area (Å²) in [6.45, 7) is -0.388. The average molecular weight is 259 g/mol. The molecule has 0 aromatic carbocycles. The van der Waals surface area contributed by atoms with Gasteiger partial charge in [0.15, 0.2) is 0 Å². The van der Waals surface area contributed by atoms with Crippen LogP contribution in [0.3, 0.4) is 0 Å². The van der Waals surface area contributed by atoms with Crippen LogP contribution in [0.2, 0.25) is 0 Å². The Bertz CT molecular complexity index is 270. The van der Waals surface area contributed by atoms with Gasteiger partial charge in [0.05, 0.1) is 0 Å². The molecule has 0 rings (SSSR count). The second-order valence-electron chi connectivity index (χ2n) is 3.79. The van der Waals surface area contributed by atoms with Crippen LogP contribution in [-0.2, 0) is 14.6 Å². The fourth-order valence-electron chi connectivity index (χ4n) is 1.16. The molecule has 0 fully saturated rings. The number of halogens is 2. The van der Waals surface area contributed by atoms with Crippen molar-refractivity contribution in [1.82, 2.24) is 0 Å². The summed E-state index contributed by atoms with van der Waals surface area (Å²) in [6, 6.07) is -0.195. The predicted molar refractivity (Wildman–Crippen MR) is 58.4 cm³/mol. The first-order valence-corrected chi connectivity index (χ1v) is 7.16. The molecule has 0 heterocycles. The molecule has 98 valence electrons. The number of nitrogens with two attached hydrogens (primary N) is 1. The second-order valence-corrected chi connectivity index (χ2v) is 6.05. The smallest absolute Gasteiger partial charge is 0.261 e. The first kappa shape index (κ1) is 15.7. The molecule has 0 aliphatic carbocycles. The molecule has 7 heteroatoms. The molecule has 0 radical (unpaired) electrons. The highest BCUT2D eigenvalue weighted by atomic mass is 32.2. The van der Waals surface area contributed by atoms with Gasteiger partial charge in [0.25, 0.3) is 6.43 Å². The third kappa shape index (κ3) is 11.8. The van der Waals surface area contributed by atoms with Crippen molar-refractivity contribution in [2.24, 2.45) is 5.73 Å². The standard InChI is InChI=1S/C9H19F2NO3S/c1-16(13,14)6-2-3-8(12)4-5-15-7-9(10)11/h8-9H,2-7,12H2,1H3. The van der Waals surface area contributed by atoms with Crippen LogP contribution < -0.4 is 5.73 Å². The Morgan fingerprint density at radius 2 is 1.94 bits per heavy atom. The van der Waals surface area contributed by atoms with Gasteiger partial charge in [-0.05, 0) is 19.3 Å². The molecule has 0 saturated heterocycles. The molecule has 0 aromatic rings. The highest BCUT2D eigenvalue weighted by Crippen LogP contribution is 2.02. The summed E-state index contributed by atoms with van der Waals surface area (Å²) in [7, 11) is -2.94. The van der Waals surface area contributed by atoms with Crippen molar-refractivity contribution < 1.29 is 21.9 Å². The van der Waals surface area contributed by atoms with Gasteiger partial charge in [0.2, 0.25) is 0 Å². The van der Waals surface area contributed by atoms with Crippen LogP contribution >= 0.6 is 0 Å². The molecule has 0 aliphatic heterocycles. The van der Waals surface area contributed by atoms with E-state index in [1.807, 2.05) is 0 Å². The number of rotatable bonds is 9. The lowest BCUT2D eigenvalue weighted by Crippen LogP contribution is -2.23. The van der Waals surface area contributed by atoms with Crippen LogP contribution in [0.25, 0.3) is 0 Å². The van der Waals surface area contributed by atoms with E-state index in [-0.39, 0.29) is 18.4 Å². The van der Waals surface area contributed by atoms with Crippen molar-refractivity contribution in [2.45, 2.75) is 31.7 Å². The maximum Gasteiger partial charge on any atom is 0.261 e. The summed E-state index contributed by atoms with van der Waals surface area (Å²) in [5.41, 5.74) is 5.66. The quantitative estimate of drug-likeness (QED) is 0.622. The van der Waals surface area contributed by atoms with E-state index >= 15 is 0 Å². The van der Waals surface area contributed by atoms with E-state index in [9.17, 15) is 17.2 Å². The number of hydrogen-bond acceptors (Lipinski definition) is 4. The first-order valence-electron chi connectivity index (χ1n) is 5.10. The second kappa shape index (κ2) is 7.92. The Morgan fingerprint density at radius 1 is 1.31 bits per heavy atom. The number of sulfone groups is 1. The fraction of sp³-hybridized carbons (Fsp3) is 1.00. The monoisotopic (exact) mass is 259 g/mol. The Labute approximate surface area is 95.1 Å². The van der Waals surface area contributed by atoms with E-state index in [2.05, 4.69) is 4.74 Å². The Balaban J connectivity index is 3.41. The molecular weight excluding hydrogens is 240 g/mol. The summed E-state index contributed by atoms with van der Waals surface area (Å²) < 4.78 is 49.6.